The third-order valence-corrected chi connectivity index (χ3v) is 25.7. The number of aliphatic hydroxyl groups is 2. The molecule has 2 fully saturated rings. The summed E-state index contributed by atoms with van der Waals surface area (Å²) in [5.74, 6) is -10.5. The SMILES string of the molecule is CC(C)C[C@H](NC(=O)[C@H](CCc1ccccc1)CC(=O)CN1CCOCC1)C(=O)C[C@@H](Cc1ccccc1)C(=O)N[C@@H](CC(C)C)C(=O)C(C)(O)COS(=O)(=O)CCCOCc1cn(Cn2cc(COCCCS(=O)(=O)OCC(C)(O)C(=O)[C@H](CC(C)C)NC(=O)[C@@H](CC(=O)[C@H](CC(C)C)NC(=O)[C@H](CCc3ccccc3)CC(=O)CN3CCOCC3)Cc3ccccc3)nn2)nn1. The molecule has 34 nitrogen and oxygen atoms in total. The number of aromatic nitrogens is 6. The standard InChI is InChI=1S/C97H140N12O22S2/c1-68(2)49-84(98-92(116)76(35-33-72-25-15-11-16-26-72)55-82(110)61-106-37-43-126-44-38-106)88(112)57-78(53-74-29-19-13-20-30-74)94(118)100-86(51-70(5)6)90(114)96(9,120)65-130-132(122,123)47-23-41-128-63-80-59-108(104-102-80)67-109-60-81(103-105-109)64-129-42-24-48-133(124,125)131-66-97(10,121)91(115)87(52-71(7)8)101-95(119)79(54-75-31-21-14-22-32-75)58-89(113)85(50-69(3)4)99-93(117)77(36-34-73-27-17-12-18-28-73)56-83(111)62-107-39-45-127-46-40-107/h11-22,25-32,59-60,68-71,76-79,84-87,120-121H,23-24,33-58,61-67H2,1-10H3,(H,98,116)(H,99,117)(H,100,118)(H,101,119)/t76-,77-,78-,79-,84+,85+,86+,87+,96?,97?/m1/s1. The molecule has 2 aliphatic heterocycles. The molecule has 2 aliphatic rings. The van der Waals surface area contributed by atoms with Crippen LogP contribution in [0.3, 0.4) is 0 Å². The fourth-order valence-electron chi connectivity index (χ4n) is 16.0. The first-order valence-corrected chi connectivity index (χ1v) is 49.7. The summed E-state index contributed by atoms with van der Waals surface area (Å²) in [6.07, 6.45) is 4.67. The lowest BCUT2D eigenvalue weighted by molar-refractivity contribution is -0.144. The Morgan fingerprint density at radius 2 is 0.737 bits per heavy atom. The maximum Gasteiger partial charge on any atom is 0.267 e. The Bertz CT molecular complexity index is 4570. The van der Waals surface area contributed by atoms with Crippen LogP contribution < -0.4 is 21.3 Å². The second-order valence-electron chi connectivity index (χ2n) is 37.4. The van der Waals surface area contributed by atoms with Gasteiger partial charge in [0.1, 0.15) is 54.0 Å². The lowest BCUT2D eigenvalue weighted by Crippen LogP contribution is -2.54. The first-order chi connectivity index (χ1) is 63.3. The van der Waals surface area contributed by atoms with Gasteiger partial charge in [-0.05, 0) is 137 Å². The summed E-state index contributed by atoms with van der Waals surface area (Å²) in [7, 11) is -8.74. The van der Waals surface area contributed by atoms with Gasteiger partial charge in [0.15, 0.2) is 23.1 Å². The molecule has 6 aromatic rings. The van der Waals surface area contributed by atoms with Crippen LogP contribution in [0, 0.1) is 47.3 Å². The minimum Gasteiger partial charge on any atom is -0.380 e. The third kappa shape index (κ3) is 40.2. The van der Waals surface area contributed by atoms with Crippen molar-refractivity contribution in [2.24, 2.45) is 47.3 Å². The molecule has 0 bridgehead atoms. The van der Waals surface area contributed by atoms with Gasteiger partial charge in [-0.25, -0.2) is 9.36 Å². The van der Waals surface area contributed by atoms with Crippen LogP contribution in [0.1, 0.15) is 180 Å². The van der Waals surface area contributed by atoms with Gasteiger partial charge >= 0.3 is 0 Å². The number of carbonyl (C=O) groups is 10. The molecule has 0 radical (unpaired) electrons. The Hall–Kier alpha value is -9.44. The second-order valence-corrected chi connectivity index (χ2v) is 40.9. The average molecular weight is 1890 g/mol. The topological polar surface area (TPSA) is 451 Å². The molecule has 4 amide bonds. The normalized spacial score (nSPS) is 16.4. The molecule has 0 spiro atoms. The number of hydrogen-bond donors (Lipinski definition) is 6. The zero-order valence-corrected chi connectivity index (χ0v) is 80.5. The molecule has 8 rings (SSSR count). The smallest absolute Gasteiger partial charge is 0.267 e. The summed E-state index contributed by atoms with van der Waals surface area (Å²) < 4.78 is 88.9. The average Bonchev–Trinajstić information content (AvgIpc) is 1.81. The Kier molecular flexibility index (Phi) is 45.0. The highest BCUT2D eigenvalue weighted by molar-refractivity contribution is 7.86. The van der Waals surface area contributed by atoms with E-state index in [0.717, 1.165) is 25.0 Å². The summed E-state index contributed by atoms with van der Waals surface area (Å²) in [5.41, 5.74) is -0.678. The van der Waals surface area contributed by atoms with Gasteiger partial charge < -0.3 is 50.4 Å². The Balaban J connectivity index is 0.762. The van der Waals surface area contributed by atoms with Gasteiger partial charge in [-0.15, -0.1) is 10.2 Å². The van der Waals surface area contributed by atoms with E-state index in [4.69, 9.17) is 27.3 Å². The van der Waals surface area contributed by atoms with Crippen molar-refractivity contribution in [2.75, 3.05) is 104 Å². The van der Waals surface area contributed by atoms with Crippen molar-refractivity contribution in [1.29, 1.82) is 0 Å². The minimum absolute atomic E-state index is 0.0315. The molecule has 732 valence electrons. The van der Waals surface area contributed by atoms with E-state index >= 15 is 0 Å². The largest absolute Gasteiger partial charge is 0.380 e. The predicted molar refractivity (Wildman–Crippen MR) is 497 cm³/mol. The Morgan fingerprint density at radius 1 is 0.429 bits per heavy atom. The van der Waals surface area contributed by atoms with E-state index in [9.17, 15) is 75.0 Å². The number of nitrogens with zero attached hydrogens (tertiary/aromatic N) is 8. The number of benzene rings is 4. The van der Waals surface area contributed by atoms with Gasteiger partial charge in [0.05, 0.1) is 101 Å². The van der Waals surface area contributed by atoms with Crippen molar-refractivity contribution >= 4 is 78.6 Å². The van der Waals surface area contributed by atoms with Crippen LogP contribution in [0.5, 0.6) is 0 Å². The lowest BCUT2D eigenvalue weighted by atomic mass is 9.86. The van der Waals surface area contributed by atoms with Crippen LogP contribution in [0.25, 0.3) is 0 Å². The number of rotatable bonds is 64. The number of morpholine rings is 2. The second kappa shape index (κ2) is 54.9. The van der Waals surface area contributed by atoms with Crippen molar-refractivity contribution in [3.63, 3.8) is 0 Å². The number of Topliss-reactive ketones (excluding diaryl/α,β-unsaturated/α-hetero) is 6. The number of nitrogens with one attached hydrogen (secondary N) is 4. The number of hydrogen-bond acceptors (Lipinski definition) is 28. The molecule has 2 aromatic heterocycles. The first kappa shape index (κ1) is 109. The zero-order valence-electron chi connectivity index (χ0n) is 78.8. The van der Waals surface area contributed by atoms with Gasteiger partial charge in [-0.3, -0.25) is 66.1 Å². The van der Waals surface area contributed by atoms with Gasteiger partial charge in [0, 0.05) is 88.7 Å². The van der Waals surface area contributed by atoms with Crippen molar-refractivity contribution in [3.8, 4) is 0 Å². The van der Waals surface area contributed by atoms with E-state index in [-0.39, 0.29) is 158 Å². The van der Waals surface area contributed by atoms with Crippen molar-refractivity contribution < 1.29 is 102 Å². The third-order valence-electron chi connectivity index (χ3n) is 23.2. The molecule has 4 heterocycles. The first-order valence-electron chi connectivity index (χ1n) is 46.5. The summed E-state index contributed by atoms with van der Waals surface area (Å²) in [4.78, 5) is 147. The van der Waals surface area contributed by atoms with Crippen LogP contribution in [-0.2, 0) is 141 Å². The van der Waals surface area contributed by atoms with Crippen LogP contribution in [0.15, 0.2) is 134 Å². The van der Waals surface area contributed by atoms with E-state index in [2.05, 4.69) is 41.9 Å². The molecule has 0 aliphatic carbocycles. The van der Waals surface area contributed by atoms with E-state index < -0.39 is 151 Å². The van der Waals surface area contributed by atoms with Crippen molar-refractivity contribution in [2.45, 2.75) is 227 Å². The highest BCUT2D eigenvalue weighted by Crippen LogP contribution is 2.27. The van der Waals surface area contributed by atoms with Crippen molar-refractivity contribution in [3.05, 3.63) is 167 Å². The Labute approximate surface area is 783 Å². The molecule has 0 saturated carbocycles. The molecule has 133 heavy (non-hydrogen) atoms. The van der Waals surface area contributed by atoms with Crippen LogP contribution in [0.4, 0.5) is 0 Å². The lowest BCUT2D eigenvalue weighted by Gasteiger charge is -2.30. The van der Waals surface area contributed by atoms with E-state index in [1.807, 2.05) is 110 Å². The fraction of sp³-hybridized carbons (Fsp3) is 0.608. The predicted octanol–water partition coefficient (Wildman–Crippen LogP) is 7.36. The minimum atomic E-state index is -4.37. The summed E-state index contributed by atoms with van der Waals surface area (Å²) in [6.45, 7) is 19.6. The highest BCUT2D eigenvalue weighted by atomic mass is 32.2. The fourth-order valence-corrected chi connectivity index (χ4v) is 18.0. The van der Waals surface area contributed by atoms with Gasteiger partial charge in [-0.2, -0.15) is 16.8 Å². The maximum atomic E-state index is 14.7. The molecule has 2 saturated heterocycles. The summed E-state index contributed by atoms with van der Waals surface area (Å²) in [6, 6.07) is 32.5. The van der Waals surface area contributed by atoms with Crippen LogP contribution in [0.2, 0.25) is 0 Å². The molecule has 2 unspecified atom stereocenters. The van der Waals surface area contributed by atoms with Gasteiger partial charge in [0.2, 0.25) is 23.6 Å². The molecular weight excluding hydrogens is 1750 g/mol. The van der Waals surface area contributed by atoms with Gasteiger partial charge in [0.25, 0.3) is 20.2 Å². The van der Waals surface area contributed by atoms with Crippen LogP contribution in [-0.4, -0.2) is 264 Å². The van der Waals surface area contributed by atoms with E-state index in [1.165, 1.54) is 9.36 Å². The van der Waals surface area contributed by atoms with Crippen molar-refractivity contribution in [1.82, 2.24) is 61.1 Å². The van der Waals surface area contributed by atoms with Crippen LogP contribution >= 0.6 is 0 Å². The molecule has 36 heteroatoms. The number of carbonyl (C=O) groups excluding carboxylic acids is 10. The monoisotopic (exact) mass is 1890 g/mol. The number of ketones is 6. The highest BCUT2D eigenvalue weighted by Gasteiger charge is 2.43. The molecular formula is C97H140N12O22S2. The Morgan fingerprint density at radius 3 is 1.07 bits per heavy atom. The van der Waals surface area contributed by atoms with Gasteiger partial charge in [-0.1, -0.05) is 187 Å². The molecule has 4 aromatic carbocycles. The quantitative estimate of drug-likeness (QED) is 0.0160. The zero-order chi connectivity index (χ0) is 96.7. The maximum absolute atomic E-state index is 14.7. The number of amides is 4. The summed E-state index contributed by atoms with van der Waals surface area (Å²) in [5, 5.41) is 51.4. The molecule has 10 atom stereocenters. The number of ether oxygens (including phenoxy) is 4. The van der Waals surface area contributed by atoms with E-state index in [1.54, 1.807) is 88.6 Å². The summed E-state index contributed by atoms with van der Waals surface area (Å²) >= 11 is 0. The number of aryl methyl sites for hydroxylation is 2. The molecule has 6 N–H and O–H groups in total. The van der Waals surface area contributed by atoms with E-state index in [0.29, 0.717) is 101 Å².